The van der Waals surface area contributed by atoms with Gasteiger partial charge in [0.2, 0.25) is 0 Å². The Hall–Kier alpha value is -3.17. The first-order chi connectivity index (χ1) is 14.7. The van der Waals surface area contributed by atoms with Crippen molar-refractivity contribution in [2.75, 3.05) is 26.0 Å². The molecule has 9 heteroatoms. The summed E-state index contributed by atoms with van der Waals surface area (Å²) in [5, 5.41) is 2.69. The number of nitrogens with zero attached hydrogens (tertiary/aromatic N) is 2. The quantitative estimate of drug-likeness (QED) is 0.667. The number of halogens is 3. The second-order valence-corrected chi connectivity index (χ2v) is 8.39. The van der Waals surface area contributed by atoms with E-state index in [4.69, 9.17) is 0 Å². The Bertz CT molecular complexity index is 1380. The monoisotopic (exact) mass is 445 g/mol. The number of fused-ring (bicyclic) bond motifs is 1. The number of hydrogen-bond acceptors (Lipinski definition) is 4. The van der Waals surface area contributed by atoms with Crippen LogP contribution in [0.5, 0.6) is 0 Å². The minimum atomic E-state index is -0.798. The van der Waals surface area contributed by atoms with Crippen molar-refractivity contribution in [2.24, 2.45) is 0 Å². The van der Waals surface area contributed by atoms with Crippen LogP contribution in [0.4, 0.5) is 18.9 Å². The highest BCUT2D eigenvalue weighted by atomic mass is 32.1. The van der Waals surface area contributed by atoms with Crippen molar-refractivity contribution in [3.05, 3.63) is 84.5 Å². The van der Waals surface area contributed by atoms with E-state index in [9.17, 15) is 22.8 Å². The highest BCUT2D eigenvalue weighted by Gasteiger charge is 2.27. The van der Waals surface area contributed by atoms with Crippen LogP contribution in [0, 0.1) is 17.5 Å². The third-order valence-corrected chi connectivity index (χ3v) is 6.00. The molecule has 1 aliphatic rings. The predicted octanol–water partition coefficient (Wildman–Crippen LogP) is 1.87. The van der Waals surface area contributed by atoms with Gasteiger partial charge < -0.3 is 10.2 Å². The smallest absolute Gasteiger partial charge is 0.269 e. The minimum absolute atomic E-state index is 0.0541. The average Bonchev–Trinajstić information content (AvgIpc) is 3.17. The number of carbonyl (C=O) groups excluding carboxylic acids is 1. The first-order valence-electron chi connectivity index (χ1n) is 9.41. The van der Waals surface area contributed by atoms with E-state index in [1.165, 1.54) is 34.9 Å². The van der Waals surface area contributed by atoms with Crippen LogP contribution in [-0.4, -0.2) is 36.0 Å². The number of thiazole rings is 1. The number of rotatable bonds is 4. The zero-order valence-corrected chi connectivity index (χ0v) is 17.5. The summed E-state index contributed by atoms with van der Waals surface area (Å²) >= 11 is 1.01. The van der Waals surface area contributed by atoms with Crippen LogP contribution >= 0.6 is 11.3 Å². The summed E-state index contributed by atoms with van der Waals surface area (Å²) in [6.45, 7) is 0.789. The van der Waals surface area contributed by atoms with E-state index in [1.807, 2.05) is 19.0 Å². The first-order valence-corrected chi connectivity index (χ1v) is 10.2. The van der Waals surface area contributed by atoms with Gasteiger partial charge in [0, 0.05) is 36.0 Å². The van der Waals surface area contributed by atoms with Gasteiger partial charge in [0.1, 0.15) is 22.1 Å². The maximum atomic E-state index is 14.1. The molecule has 3 aromatic rings. The van der Waals surface area contributed by atoms with E-state index < -0.39 is 28.9 Å². The lowest BCUT2D eigenvalue weighted by Crippen LogP contribution is -2.36. The molecule has 0 spiro atoms. The van der Waals surface area contributed by atoms with Gasteiger partial charge in [-0.2, -0.15) is 0 Å². The molecular weight excluding hydrogens is 427 g/mol. The van der Waals surface area contributed by atoms with E-state index in [-0.39, 0.29) is 22.2 Å². The van der Waals surface area contributed by atoms with Crippen molar-refractivity contribution in [3.63, 3.8) is 0 Å². The summed E-state index contributed by atoms with van der Waals surface area (Å²) in [4.78, 5) is 27.7. The van der Waals surface area contributed by atoms with E-state index in [2.05, 4.69) is 5.32 Å². The van der Waals surface area contributed by atoms with Gasteiger partial charge in [-0.1, -0.05) is 0 Å². The minimum Gasteiger partial charge on any atom is -0.321 e. The molecule has 5 nitrogen and oxygen atoms in total. The Balaban J connectivity index is 2.01. The van der Waals surface area contributed by atoms with E-state index in [0.29, 0.717) is 22.5 Å². The molecule has 4 rings (SSSR count). The zero-order chi connectivity index (χ0) is 22.3. The molecule has 31 heavy (non-hydrogen) atoms. The highest BCUT2D eigenvalue weighted by Crippen LogP contribution is 2.30. The average molecular weight is 445 g/mol. The van der Waals surface area contributed by atoms with Crippen LogP contribution in [0.3, 0.4) is 0 Å². The molecule has 0 unspecified atom stereocenters. The molecule has 0 saturated heterocycles. The van der Waals surface area contributed by atoms with Gasteiger partial charge in [-0.25, -0.2) is 13.2 Å². The summed E-state index contributed by atoms with van der Waals surface area (Å²) in [6, 6.07) is 7.04. The molecule has 0 radical (unpaired) electrons. The normalized spacial score (nSPS) is 15.5. The van der Waals surface area contributed by atoms with E-state index in [1.54, 1.807) is 0 Å². The van der Waals surface area contributed by atoms with Crippen molar-refractivity contribution < 1.29 is 18.0 Å². The van der Waals surface area contributed by atoms with Crippen molar-refractivity contribution in [2.45, 2.75) is 6.54 Å². The molecule has 1 N–H and O–H groups in total. The van der Waals surface area contributed by atoms with Crippen molar-refractivity contribution in [1.29, 1.82) is 0 Å². The fraction of sp³-hybridized carbons (Fsp3) is 0.182. The van der Waals surface area contributed by atoms with Crippen molar-refractivity contribution in [1.82, 2.24) is 9.47 Å². The fourth-order valence-corrected chi connectivity index (χ4v) is 4.50. The predicted molar refractivity (Wildman–Crippen MR) is 114 cm³/mol. The largest absolute Gasteiger partial charge is 0.321 e. The third-order valence-electron chi connectivity index (χ3n) is 4.87. The fourth-order valence-electron chi connectivity index (χ4n) is 3.32. The zero-order valence-electron chi connectivity index (χ0n) is 16.7. The number of amides is 1. The molecule has 2 aromatic carbocycles. The Kier molecular flexibility index (Phi) is 5.55. The van der Waals surface area contributed by atoms with Crippen molar-refractivity contribution in [3.8, 4) is 0 Å². The lowest BCUT2D eigenvalue weighted by atomic mass is 10.1. The Morgan fingerprint density at radius 1 is 1.06 bits per heavy atom. The van der Waals surface area contributed by atoms with Gasteiger partial charge in [-0.3, -0.25) is 14.2 Å². The summed E-state index contributed by atoms with van der Waals surface area (Å²) in [6.07, 6.45) is 1.33. The van der Waals surface area contributed by atoms with E-state index in [0.717, 1.165) is 23.5 Å². The van der Waals surface area contributed by atoms with Crippen LogP contribution in [0.25, 0.3) is 11.6 Å². The SMILES string of the molecule is CN(C)CCn1c(=O)/c(=C/c2ccc(F)cc2F)s/c1=C1/C(=O)Nc2ccc(F)cc21. The summed E-state index contributed by atoms with van der Waals surface area (Å²) < 4.78 is 43.2. The molecule has 0 aliphatic carbocycles. The number of anilines is 1. The van der Waals surface area contributed by atoms with Crippen LogP contribution in [0.2, 0.25) is 0 Å². The van der Waals surface area contributed by atoms with Gasteiger partial charge in [0.25, 0.3) is 11.5 Å². The third kappa shape index (κ3) is 4.06. The van der Waals surface area contributed by atoms with Gasteiger partial charge in [0.05, 0.1) is 10.1 Å². The number of aromatic nitrogens is 1. The van der Waals surface area contributed by atoms with Gasteiger partial charge in [-0.05, 0) is 50.5 Å². The maximum absolute atomic E-state index is 14.1. The van der Waals surface area contributed by atoms with E-state index >= 15 is 0 Å². The van der Waals surface area contributed by atoms with Gasteiger partial charge >= 0.3 is 0 Å². The molecule has 0 atom stereocenters. The Morgan fingerprint density at radius 3 is 2.48 bits per heavy atom. The van der Waals surface area contributed by atoms with Crippen LogP contribution in [-0.2, 0) is 11.3 Å². The highest BCUT2D eigenvalue weighted by molar-refractivity contribution is 7.07. The number of hydrogen-bond donors (Lipinski definition) is 1. The maximum Gasteiger partial charge on any atom is 0.269 e. The first kappa shape index (κ1) is 21.1. The Morgan fingerprint density at radius 2 is 1.77 bits per heavy atom. The number of benzene rings is 2. The molecule has 2 heterocycles. The molecule has 0 saturated carbocycles. The molecule has 160 valence electrons. The van der Waals surface area contributed by atoms with Crippen LogP contribution in [0.1, 0.15) is 11.1 Å². The lowest BCUT2D eigenvalue weighted by Gasteiger charge is -2.10. The second-order valence-electron chi connectivity index (χ2n) is 7.36. The topological polar surface area (TPSA) is 54.3 Å². The summed E-state index contributed by atoms with van der Waals surface area (Å²) in [5.74, 6) is -2.47. The summed E-state index contributed by atoms with van der Waals surface area (Å²) in [5.41, 5.74) is 0.657. The standard InChI is InChI=1S/C22H18F3N3O2S/c1-27(2)7-8-28-21(30)18(9-12-3-4-14(24)11-16(12)25)31-22(28)19-15-10-13(23)5-6-17(15)26-20(19)29/h3-6,9-11H,7-8H2,1-2H3,(H,26,29)/b18-9-,22-19+. The van der Waals surface area contributed by atoms with Crippen molar-refractivity contribution >= 4 is 34.6 Å². The number of likely N-dealkylation sites (N-methyl/N-ethyl adjacent to an activating group) is 1. The molecule has 0 fully saturated rings. The lowest BCUT2D eigenvalue weighted by molar-refractivity contribution is -0.110. The molecular formula is C22H18F3N3O2S. The second kappa shape index (κ2) is 8.16. The number of carbonyl (C=O) groups is 1. The molecule has 1 aliphatic heterocycles. The van der Waals surface area contributed by atoms with Gasteiger partial charge in [-0.15, -0.1) is 11.3 Å². The molecule has 0 bridgehead atoms. The van der Waals surface area contributed by atoms with Crippen LogP contribution in [0.15, 0.2) is 41.2 Å². The molecule has 1 amide bonds. The number of nitrogens with one attached hydrogen (secondary N) is 1. The summed E-state index contributed by atoms with van der Waals surface area (Å²) in [7, 11) is 3.69. The van der Waals surface area contributed by atoms with Gasteiger partial charge in [0.15, 0.2) is 0 Å². The Labute approximate surface area is 179 Å². The molecule has 1 aromatic heterocycles. The van der Waals surface area contributed by atoms with Crippen LogP contribution < -0.4 is 20.1 Å².